The van der Waals surface area contributed by atoms with Crippen LogP contribution in [0.5, 0.6) is 0 Å². The summed E-state index contributed by atoms with van der Waals surface area (Å²) >= 11 is 0. The van der Waals surface area contributed by atoms with Gasteiger partial charge < -0.3 is 28.8 Å². The monoisotopic (exact) mass is 973 g/mol. The van der Waals surface area contributed by atoms with Gasteiger partial charge in [-0.2, -0.15) is 0 Å². The summed E-state index contributed by atoms with van der Waals surface area (Å²) in [5.74, 6) is -0.200. The summed E-state index contributed by atoms with van der Waals surface area (Å²) < 4.78 is 23.3. The maximum Gasteiger partial charge on any atom is 0.268 e. The highest BCUT2D eigenvalue weighted by Crippen LogP contribution is 2.38. The summed E-state index contributed by atoms with van der Waals surface area (Å²) in [5.41, 5.74) is 0. The number of unbranched alkanes of at least 4 members (excludes halogenated alkanes) is 28. The van der Waals surface area contributed by atoms with Crippen molar-refractivity contribution in [2.24, 2.45) is 0 Å². The summed E-state index contributed by atoms with van der Waals surface area (Å²) in [4.78, 5) is 25.5. The molecule has 9 heteroatoms. The topological polar surface area (TPSA) is 108 Å². The number of rotatable bonds is 51. The number of aliphatic hydroxyl groups excluding tert-OH is 1. The first-order valence-corrected chi connectivity index (χ1v) is 29.8. The number of hydrogen-bond acceptors (Lipinski definition) is 6. The van der Waals surface area contributed by atoms with Crippen LogP contribution in [0.15, 0.2) is 72.9 Å². The first kappa shape index (κ1) is 65.9. The second-order valence-electron chi connectivity index (χ2n) is 20.3. The lowest BCUT2D eigenvalue weighted by Crippen LogP contribution is -2.45. The molecule has 1 amide bonds. The summed E-state index contributed by atoms with van der Waals surface area (Å²) in [6.45, 7) is 4.55. The van der Waals surface area contributed by atoms with Crippen molar-refractivity contribution in [3.8, 4) is 0 Å². The molecule has 0 rings (SSSR count). The SMILES string of the molecule is CC/C=C\C/C=C\C/C=C\C/C=C\C/C=C\CCCCCCCCCCCCCCCC(=O)NC(COP(=O)([O-])OCC[N+](C)(C)C)C(O)/C=C/CCCCCCCCCCCCCCCCC. The summed E-state index contributed by atoms with van der Waals surface area (Å²) in [7, 11) is 1.26. The van der Waals surface area contributed by atoms with Crippen LogP contribution in [-0.4, -0.2) is 68.5 Å². The fourth-order valence-corrected chi connectivity index (χ4v) is 8.73. The molecule has 0 aliphatic rings. The predicted molar refractivity (Wildman–Crippen MR) is 293 cm³/mol. The van der Waals surface area contributed by atoms with Crippen LogP contribution in [0.4, 0.5) is 0 Å². The van der Waals surface area contributed by atoms with Gasteiger partial charge in [0.2, 0.25) is 5.91 Å². The molecule has 0 radical (unpaired) electrons. The van der Waals surface area contributed by atoms with Crippen molar-refractivity contribution in [2.75, 3.05) is 40.9 Å². The minimum Gasteiger partial charge on any atom is -0.756 e. The molecule has 2 N–H and O–H groups in total. The van der Waals surface area contributed by atoms with Crippen LogP contribution in [0.1, 0.15) is 245 Å². The lowest BCUT2D eigenvalue weighted by molar-refractivity contribution is -0.870. The van der Waals surface area contributed by atoms with Gasteiger partial charge in [-0.1, -0.05) is 247 Å². The van der Waals surface area contributed by atoms with Crippen molar-refractivity contribution < 1.29 is 32.9 Å². The van der Waals surface area contributed by atoms with Crippen LogP contribution in [0.3, 0.4) is 0 Å². The number of nitrogens with one attached hydrogen (secondary N) is 1. The van der Waals surface area contributed by atoms with Crippen LogP contribution in [0.2, 0.25) is 0 Å². The maximum atomic E-state index is 13.0. The van der Waals surface area contributed by atoms with E-state index in [1.54, 1.807) is 6.08 Å². The Morgan fingerprint density at radius 2 is 0.897 bits per heavy atom. The van der Waals surface area contributed by atoms with Crippen LogP contribution in [-0.2, 0) is 18.4 Å². The number of carbonyl (C=O) groups excluding carboxylic acids is 1. The van der Waals surface area contributed by atoms with E-state index in [4.69, 9.17) is 9.05 Å². The second kappa shape index (κ2) is 49.9. The highest BCUT2D eigenvalue weighted by Gasteiger charge is 2.23. The molecular formula is C59H109N2O6P. The van der Waals surface area contributed by atoms with Crippen molar-refractivity contribution >= 4 is 13.7 Å². The second-order valence-corrected chi connectivity index (χ2v) is 21.7. The van der Waals surface area contributed by atoms with E-state index in [0.29, 0.717) is 17.4 Å². The van der Waals surface area contributed by atoms with Gasteiger partial charge in [-0.05, 0) is 64.2 Å². The third-order valence-corrected chi connectivity index (χ3v) is 13.4. The van der Waals surface area contributed by atoms with Gasteiger partial charge in [-0.15, -0.1) is 0 Å². The van der Waals surface area contributed by atoms with Gasteiger partial charge in [-0.25, -0.2) is 0 Å². The molecule has 0 aromatic carbocycles. The lowest BCUT2D eigenvalue weighted by Gasteiger charge is -2.29. The number of nitrogens with zero attached hydrogens (tertiary/aromatic N) is 1. The molecule has 0 fully saturated rings. The molecule has 0 aliphatic heterocycles. The van der Waals surface area contributed by atoms with Crippen LogP contribution in [0.25, 0.3) is 0 Å². The highest BCUT2D eigenvalue weighted by atomic mass is 31.2. The maximum absolute atomic E-state index is 13.0. The molecule has 0 saturated carbocycles. The average molecular weight is 974 g/mol. The van der Waals surface area contributed by atoms with Gasteiger partial charge in [0.1, 0.15) is 13.2 Å². The van der Waals surface area contributed by atoms with Gasteiger partial charge in [-0.3, -0.25) is 9.36 Å². The van der Waals surface area contributed by atoms with Gasteiger partial charge in [0.05, 0.1) is 39.9 Å². The number of carbonyl (C=O) groups is 1. The Kier molecular flexibility index (Phi) is 48.4. The molecule has 8 nitrogen and oxygen atoms in total. The lowest BCUT2D eigenvalue weighted by atomic mass is 10.0. The quantitative estimate of drug-likeness (QED) is 0.0272. The molecular weight excluding hydrogens is 864 g/mol. The van der Waals surface area contributed by atoms with E-state index in [1.807, 2.05) is 27.2 Å². The Bertz CT molecular complexity index is 1330. The summed E-state index contributed by atoms with van der Waals surface area (Å²) in [6.07, 6.45) is 68.2. The van der Waals surface area contributed by atoms with Crippen LogP contribution in [0, 0.1) is 0 Å². The molecule has 0 spiro atoms. The Hall–Kier alpha value is -2.06. The number of likely N-dealkylation sites (N-methyl/N-ethyl adjacent to an activating group) is 1. The van der Waals surface area contributed by atoms with Gasteiger partial charge in [0, 0.05) is 6.42 Å². The van der Waals surface area contributed by atoms with E-state index >= 15 is 0 Å². The van der Waals surface area contributed by atoms with Crippen LogP contribution < -0.4 is 10.2 Å². The first-order chi connectivity index (χ1) is 33.0. The van der Waals surface area contributed by atoms with Gasteiger partial charge >= 0.3 is 0 Å². The number of allylic oxidation sites excluding steroid dienone is 11. The van der Waals surface area contributed by atoms with Crippen molar-refractivity contribution in [1.29, 1.82) is 0 Å². The normalized spacial score (nSPS) is 14.5. The van der Waals surface area contributed by atoms with Crippen molar-refractivity contribution in [3.63, 3.8) is 0 Å². The number of phosphoric ester groups is 1. The number of phosphoric acid groups is 1. The number of aliphatic hydroxyl groups is 1. The predicted octanol–water partition coefficient (Wildman–Crippen LogP) is 16.5. The van der Waals surface area contributed by atoms with Crippen molar-refractivity contribution in [2.45, 2.75) is 257 Å². The zero-order valence-corrected chi connectivity index (χ0v) is 45.9. The Morgan fingerprint density at radius 1 is 0.529 bits per heavy atom. The third kappa shape index (κ3) is 51.8. The minimum absolute atomic E-state index is 0.00305. The smallest absolute Gasteiger partial charge is 0.268 e. The molecule has 3 atom stereocenters. The van der Waals surface area contributed by atoms with E-state index in [-0.39, 0.29) is 19.1 Å². The van der Waals surface area contributed by atoms with Crippen molar-refractivity contribution in [1.82, 2.24) is 5.32 Å². The molecule has 396 valence electrons. The zero-order valence-electron chi connectivity index (χ0n) is 45.0. The van der Waals surface area contributed by atoms with Crippen LogP contribution >= 0.6 is 7.82 Å². The van der Waals surface area contributed by atoms with Gasteiger partial charge in [0.15, 0.2) is 0 Å². The van der Waals surface area contributed by atoms with E-state index < -0.39 is 20.0 Å². The molecule has 0 aromatic rings. The molecule has 0 bridgehead atoms. The standard InChI is InChI=1S/C59H109N2O6P/c1-6-8-10-12-14-16-18-20-22-24-25-26-27-28-29-30-31-32-33-34-35-37-39-41-43-45-47-49-51-53-59(63)60-57(56-67-68(64,65)66-55-54-61(3,4)5)58(62)52-50-48-46-44-42-40-38-36-23-21-19-17-15-13-11-9-7-2/h8,10,14,16,20,22,25-26,28-29,50,52,57-58,62H,6-7,9,11-13,15,17-19,21,23-24,27,30-49,51,53-56H2,1-5H3,(H-,60,63,64,65)/b10-8-,16-14-,22-20-,26-25-,29-28-,52-50+. The summed E-state index contributed by atoms with van der Waals surface area (Å²) in [5, 5.41) is 13.9. The largest absolute Gasteiger partial charge is 0.756 e. The summed E-state index contributed by atoms with van der Waals surface area (Å²) in [6, 6.07) is -0.890. The first-order valence-electron chi connectivity index (χ1n) is 28.3. The average Bonchev–Trinajstić information content (AvgIpc) is 3.30. The molecule has 0 saturated heterocycles. The fourth-order valence-electron chi connectivity index (χ4n) is 8.00. The van der Waals surface area contributed by atoms with E-state index in [9.17, 15) is 19.4 Å². The zero-order chi connectivity index (χ0) is 49.9. The molecule has 0 aromatic heterocycles. The minimum atomic E-state index is -4.60. The molecule has 0 heterocycles. The van der Waals surface area contributed by atoms with Crippen molar-refractivity contribution in [3.05, 3.63) is 72.9 Å². The van der Waals surface area contributed by atoms with E-state index in [0.717, 1.165) is 70.6 Å². The fraction of sp³-hybridized carbons (Fsp3) is 0.780. The van der Waals surface area contributed by atoms with E-state index in [1.165, 1.54) is 154 Å². The Morgan fingerprint density at radius 3 is 1.31 bits per heavy atom. The Balaban J connectivity index is 4.18. The van der Waals surface area contributed by atoms with Gasteiger partial charge in [0.25, 0.3) is 7.82 Å². The third-order valence-electron chi connectivity index (χ3n) is 12.4. The number of amides is 1. The number of hydrogen-bond donors (Lipinski definition) is 2. The van der Waals surface area contributed by atoms with E-state index in [2.05, 4.69) is 79.9 Å². The molecule has 3 unspecified atom stereocenters. The molecule has 68 heavy (non-hydrogen) atoms. The highest BCUT2D eigenvalue weighted by molar-refractivity contribution is 7.45. The Labute approximate surface area is 421 Å². The number of quaternary nitrogens is 1. The molecule has 0 aliphatic carbocycles.